The molecule has 0 aliphatic carbocycles. The zero-order chi connectivity index (χ0) is 28.3. The maximum absolute atomic E-state index is 14.0. The number of ether oxygens (including phenoxy) is 4. The van der Waals surface area contributed by atoms with Crippen LogP contribution < -0.4 is 29.1 Å². The van der Waals surface area contributed by atoms with E-state index in [9.17, 15) is 9.59 Å². The van der Waals surface area contributed by atoms with Gasteiger partial charge in [-0.25, -0.2) is 9.79 Å². The van der Waals surface area contributed by atoms with Gasteiger partial charge in [0.05, 0.1) is 42.7 Å². The number of nitrogens with zero attached hydrogens (tertiary/aromatic N) is 2. The molecule has 39 heavy (non-hydrogen) atoms. The molecule has 0 bridgehead atoms. The van der Waals surface area contributed by atoms with Gasteiger partial charge in [0.2, 0.25) is 0 Å². The number of thiazole rings is 1. The quantitative estimate of drug-likeness (QED) is 0.261. The molecule has 2 aromatic carbocycles. The number of benzene rings is 2. The number of esters is 1. The van der Waals surface area contributed by atoms with E-state index in [1.807, 2.05) is 12.1 Å². The van der Waals surface area contributed by atoms with Crippen LogP contribution in [0.15, 0.2) is 60.3 Å². The Hall–Kier alpha value is -3.33. The average Bonchev–Trinajstić information content (AvgIpc) is 3.21. The minimum absolute atomic E-state index is 0.0825. The first-order chi connectivity index (χ1) is 18.7. The monoisotopic (exact) mass is 674 g/mol. The van der Waals surface area contributed by atoms with Crippen LogP contribution in [0, 0.1) is 12.3 Å². The number of carbonyl (C=O) groups is 1. The first kappa shape index (κ1) is 28.7. The third kappa shape index (κ3) is 5.69. The third-order valence-corrected chi connectivity index (χ3v) is 8.05. The lowest BCUT2D eigenvalue weighted by Crippen LogP contribution is -2.40. The van der Waals surface area contributed by atoms with E-state index in [0.717, 1.165) is 4.47 Å². The summed E-state index contributed by atoms with van der Waals surface area (Å²) in [6.45, 7) is 3.70. The highest BCUT2D eigenvalue weighted by atomic mass is 79.9. The first-order valence-corrected chi connectivity index (χ1v) is 14.1. The predicted octanol–water partition coefficient (Wildman–Crippen LogP) is 4.35. The van der Waals surface area contributed by atoms with E-state index in [1.54, 1.807) is 38.1 Å². The van der Waals surface area contributed by atoms with Gasteiger partial charge < -0.3 is 18.9 Å². The van der Waals surface area contributed by atoms with E-state index in [4.69, 9.17) is 25.4 Å². The molecule has 3 aromatic rings. The molecule has 8 nitrogen and oxygen atoms in total. The second kappa shape index (κ2) is 12.2. The van der Waals surface area contributed by atoms with Gasteiger partial charge in [-0.05, 0) is 55.8 Å². The summed E-state index contributed by atoms with van der Waals surface area (Å²) in [5.74, 6) is 3.36. The molecule has 202 valence electrons. The Morgan fingerprint density at radius 2 is 1.90 bits per heavy atom. The molecule has 4 rings (SSSR count). The van der Waals surface area contributed by atoms with Crippen LogP contribution in [0.25, 0.3) is 6.08 Å². The smallest absolute Gasteiger partial charge is 0.338 e. The number of hydrogen-bond acceptors (Lipinski definition) is 8. The van der Waals surface area contributed by atoms with E-state index >= 15 is 0 Å². The second-order valence-electron chi connectivity index (χ2n) is 8.21. The summed E-state index contributed by atoms with van der Waals surface area (Å²) in [6, 6.07) is 8.07. The van der Waals surface area contributed by atoms with Gasteiger partial charge in [0, 0.05) is 14.5 Å². The number of aromatic nitrogens is 1. The van der Waals surface area contributed by atoms with Gasteiger partial charge in [0.25, 0.3) is 5.56 Å². The minimum Gasteiger partial charge on any atom is -0.493 e. The van der Waals surface area contributed by atoms with Gasteiger partial charge in [0.1, 0.15) is 12.4 Å². The van der Waals surface area contributed by atoms with Crippen molar-refractivity contribution in [2.45, 2.75) is 19.9 Å². The van der Waals surface area contributed by atoms with Crippen molar-refractivity contribution in [2.24, 2.45) is 4.99 Å². The number of fused-ring (bicyclic) bond motifs is 1. The number of allylic oxidation sites excluding steroid dienone is 1. The standard InChI is InChI=1S/C28H24Br2N2O6S/c1-6-10-38-20-9-8-17(29)11-16(20)12-23-26(33)32-25(18-13-21(35-4)22(36-5)14-19(18)30)24(27(34)37-7-2)15(3)31-28(32)39-23/h1,8-9,11-14,25H,7,10H2,2-5H3/b23-12-/t25-/m1/s1. The molecular formula is C28H24Br2N2O6S. The Labute approximate surface area is 245 Å². The van der Waals surface area contributed by atoms with Gasteiger partial charge in [-0.1, -0.05) is 49.1 Å². The maximum Gasteiger partial charge on any atom is 0.338 e. The number of terminal acetylenes is 1. The van der Waals surface area contributed by atoms with Crippen molar-refractivity contribution >= 4 is 55.2 Å². The lowest BCUT2D eigenvalue weighted by atomic mass is 9.95. The largest absolute Gasteiger partial charge is 0.493 e. The molecule has 0 fully saturated rings. The Kier molecular flexibility index (Phi) is 9.00. The molecule has 0 spiro atoms. The maximum atomic E-state index is 14.0. The Morgan fingerprint density at radius 1 is 1.18 bits per heavy atom. The highest BCUT2D eigenvalue weighted by Gasteiger charge is 2.35. The SMILES string of the molecule is C#CCOc1ccc(Br)cc1/C=c1\sc2n(c1=O)[C@H](c1cc(OC)c(OC)cc1Br)C(C(=O)OCC)=C(C)N=2. The van der Waals surface area contributed by atoms with Crippen molar-refractivity contribution in [3.05, 3.63) is 81.4 Å². The van der Waals surface area contributed by atoms with Gasteiger partial charge in [-0.2, -0.15) is 0 Å². The Bertz CT molecular complexity index is 1700. The van der Waals surface area contributed by atoms with Crippen LogP contribution in [0.1, 0.15) is 31.0 Å². The normalized spacial score (nSPS) is 14.8. The van der Waals surface area contributed by atoms with Gasteiger partial charge in [0.15, 0.2) is 16.3 Å². The van der Waals surface area contributed by atoms with Crippen LogP contribution in [0.2, 0.25) is 0 Å². The number of rotatable bonds is 8. The van der Waals surface area contributed by atoms with Gasteiger partial charge in [-0.3, -0.25) is 9.36 Å². The molecular weight excluding hydrogens is 652 g/mol. The average molecular weight is 676 g/mol. The van der Waals surface area contributed by atoms with Crippen molar-refractivity contribution in [3.63, 3.8) is 0 Å². The van der Waals surface area contributed by atoms with E-state index in [-0.39, 0.29) is 24.3 Å². The van der Waals surface area contributed by atoms with Crippen LogP contribution in [-0.4, -0.2) is 38.0 Å². The lowest BCUT2D eigenvalue weighted by Gasteiger charge is -2.26. The highest BCUT2D eigenvalue weighted by molar-refractivity contribution is 9.10. The number of methoxy groups -OCH3 is 2. The topological polar surface area (TPSA) is 88.3 Å². The molecule has 2 heterocycles. The van der Waals surface area contributed by atoms with Crippen LogP contribution in [0.5, 0.6) is 17.2 Å². The van der Waals surface area contributed by atoms with Crippen molar-refractivity contribution < 1.29 is 23.7 Å². The highest BCUT2D eigenvalue weighted by Crippen LogP contribution is 2.40. The lowest BCUT2D eigenvalue weighted by molar-refractivity contribution is -0.139. The molecule has 11 heteroatoms. The second-order valence-corrected chi connectivity index (χ2v) is 11.0. The molecule has 1 atom stereocenters. The van der Waals surface area contributed by atoms with Gasteiger partial charge >= 0.3 is 5.97 Å². The molecule has 1 aliphatic heterocycles. The van der Waals surface area contributed by atoms with E-state index < -0.39 is 12.0 Å². The first-order valence-electron chi connectivity index (χ1n) is 11.7. The molecule has 0 radical (unpaired) electrons. The molecule has 1 aliphatic rings. The minimum atomic E-state index is -0.837. The van der Waals surface area contributed by atoms with Crippen molar-refractivity contribution in [2.75, 3.05) is 27.4 Å². The summed E-state index contributed by atoms with van der Waals surface area (Å²) in [5, 5.41) is 0. The summed E-state index contributed by atoms with van der Waals surface area (Å²) in [7, 11) is 3.05. The molecule has 1 aromatic heterocycles. The molecule has 0 saturated carbocycles. The fourth-order valence-corrected chi connectivity index (χ4v) is 6.14. The Morgan fingerprint density at radius 3 is 2.56 bits per heavy atom. The number of carbonyl (C=O) groups excluding carboxylic acids is 1. The van der Waals surface area contributed by atoms with Crippen LogP contribution in [0.4, 0.5) is 0 Å². The van der Waals surface area contributed by atoms with Gasteiger partial charge in [-0.15, -0.1) is 6.42 Å². The van der Waals surface area contributed by atoms with Crippen molar-refractivity contribution in [3.8, 4) is 29.6 Å². The van der Waals surface area contributed by atoms with E-state index in [2.05, 4.69) is 42.8 Å². The summed E-state index contributed by atoms with van der Waals surface area (Å²) in [4.78, 5) is 32.3. The summed E-state index contributed by atoms with van der Waals surface area (Å²) in [5.41, 5.74) is 1.65. The molecule has 0 unspecified atom stereocenters. The molecule has 0 saturated heterocycles. The van der Waals surface area contributed by atoms with Crippen molar-refractivity contribution in [1.82, 2.24) is 4.57 Å². The van der Waals surface area contributed by atoms with Crippen LogP contribution in [-0.2, 0) is 9.53 Å². The summed E-state index contributed by atoms with van der Waals surface area (Å²) < 4.78 is 25.4. The third-order valence-electron chi connectivity index (χ3n) is 5.88. The zero-order valence-corrected chi connectivity index (χ0v) is 25.5. The van der Waals surface area contributed by atoms with Crippen LogP contribution >= 0.6 is 43.2 Å². The fourth-order valence-electron chi connectivity index (χ4n) is 4.19. The van der Waals surface area contributed by atoms with E-state index in [1.165, 1.54) is 30.1 Å². The fraction of sp³-hybridized carbons (Fsp3) is 0.250. The Balaban J connectivity index is 2.00. The van der Waals surface area contributed by atoms with Crippen molar-refractivity contribution in [1.29, 1.82) is 0 Å². The zero-order valence-electron chi connectivity index (χ0n) is 21.5. The summed E-state index contributed by atoms with van der Waals surface area (Å²) in [6.07, 6.45) is 7.10. The summed E-state index contributed by atoms with van der Waals surface area (Å²) >= 11 is 8.28. The number of halogens is 2. The molecule has 0 N–H and O–H groups in total. The van der Waals surface area contributed by atoms with Crippen LogP contribution in [0.3, 0.4) is 0 Å². The predicted molar refractivity (Wildman–Crippen MR) is 156 cm³/mol. The van der Waals surface area contributed by atoms with E-state index in [0.29, 0.717) is 47.9 Å². The number of hydrogen-bond donors (Lipinski definition) is 0. The molecule has 0 amide bonds.